The molecule has 0 aliphatic carbocycles. The fourth-order valence-corrected chi connectivity index (χ4v) is 1.28. The molecule has 1 aromatic rings. The Morgan fingerprint density at radius 1 is 1.31 bits per heavy atom. The lowest BCUT2D eigenvalue weighted by Crippen LogP contribution is -2.09. The van der Waals surface area contributed by atoms with E-state index in [-0.39, 0.29) is 5.95 Å². The van der Waals surface area contributed by atoms with Crippen LogP contribution in [0.2, 0.25) is 0 Å². The van der Waals surface area contributed by atoms with Crippen LogP contribution in [-0.2, 0) is 0 Å². The van der Waals surface area contributed by atoms with Crippen LogP contribution in [-0.4, -0.2) is 15.2 Å². The van der Waals surface area contributed by atoms with Crippen LogP contribution in [0.3, 0.4) is 0 Å². The van der Waals surface area contributed by atoms with E-state index in [1.165, 1.54) is 0 Å². The van der Waals surface area contributed by atoms with E-state index in [0.717, 1.165) is 18.5 Å². The molecule has 1 heterocycles. The Bertz CT molecular complexity index is 286. The molecule has 0 aromatic carbocycles. The van der Waals surface area contributed by atoms with Crippen LogP contribution in [0.1, 0.15) is 38.3 Å². The van der Waals surface area contributed by atoms with Gasteiger partial charge in [0.2, 0.25) is 5.95 Å². The highest BCUT2D eigenvalue weighted by Gasteiger charge is 2.11. The van der Waals surface area contributed by atoms with E-state index in [1.54, 1.807) is 0 Å². The molecule has 1 aromatic heterocycles. The maximum absolute atomic E-state index is 5.66. The normalized spacial score (nSPS) is 12.8. The summed E-state index contributed by atoms with van der Waals surface area (Å²) in [6, 6.07) is 0. The lowest BCUT2D eigenvalue weighted by molar-refractivity contribution is 0.635. The van der Waals surface area contributed by atoms with Crippen molar-refractivity contribution in [3.05, 3.63) is 5.69 Å². The first-order valence-corrected chi connectivity index (χ1v) is 4.40. The first kappa shape index (κ1) is 9.70. The summed E-state index contributed by atoms with van der Waals surface area (Å²) in [4.78, 5) is 3.86. The molecule has 5 heteroatoms. The molecule has 0 amide bonds. The lowest BCUT2D eigenvalue weighted by atomic mass is 10.0. The first-order chi connectivity index (χ1) is 6.15. The summed E-state index contributed by atoms with van der Waals surface area (Å²) >= 11 is 0. The van der Waals surface area contributed by atoms with Crippen LogP contribution in [0.25, 0.3) is 0 Å². The number of aromatic nitrogens is 3. The third-order valence-electron chi connectivity index (χ3n) is 1.95. The lowest BCUT2D eigenvalue weighted by Gasteiger charge is -2.09. The van der Waals surface area contributed by atoms with E-state index >= 15 is 0 Å². The largest absolute Gasteiger partial charge is 0.382 e. The number of anilines is 2. The van der Waals surface area contributed by atoms with Gasteiger partial charge < -0.3 is 11.5 Å². The SMILES string of the molecule is CCCC(C)c1nnc(N)nc1N. The van der Waals surface area contributed by atoms with Gasteiger partial charge in [0.05, 0.1) is 0 Å². The van der Waals surface area contributed by atoms with E-state index in [1.807, 2.05) is 0 Å². The minimum Gasteiger partial charge on any atom is -0.382 e. The summed E-state index contributed by atoms with van der Waals surface area (Å²) in [7, 11) is 0. The second-order valence-electron chi connectivity index (χ2n) is 3.13. The standard InChI is InChI=1S/C8H15N5/c1-3-4-5(2)6-7(9)11-8(10)13-12-6/h5H,3-4H2,1-2H3,(H4,9,10,11,13). The van der Waals surface area contributed by atoms with Gasteiger partial charge in [-0.3, -0.25) is 0 Å². The van der Waals surface area contributed by atoms with Crippen LogP contribution < -0.4 is 11.5 Å². The molecule has 0 fully saturated rings. The number of hydrogen-bond donors (Lipinski definition) is 2. The molecule has 13 heavy (non-hydrogen) atoms. The summed E-state index contributed by atoms with van der Waals surface area (Å²) < 4.78 is 0. The Morgan fingerprint density at radius 3 is 2.54 bits per heavy atom. The van der Waals surface area contributed by atoms with Gasteiger partial charge in [-0.2, -0.15) is 4.98 Å². The molecule has 72 valence electrons. The van der Waals surface area contributed by atoms with Gasteiger partial charge in [0.25, 0.3) is 0 Å². The average Bonchev–Trinajstić information content (AvgIpc) is 2.04. The molecule has 0 aliphatic heterocycles. The van der Waals surface area contributed by atoms with Crippen molar-refractivity contribution in [1.82, 2.24) is 15.2 Å². The molecule has 1 unspecified atom stereocenters. The third-order valence-corrected chi connectivity index (χ3v) is 1.95. The zero-order valence-corrected chi connectivity index (χ0v) is 7.99. The van der Waals surface area contributed by atoms with Crippen LogP contribution in [0.5, 0.6) is 0 Å². The number of nitrogen functional groups attached to an aromatic ring is 2. The highest BCUT2D eigenvalue weighted by molar-refractivity contribution is 5.38. The summed E-state index contributed by atoms with van der Waals surface area (Å²) in [5.41, 5.74) is 11.7. The highest BCUT2D eigenvalue weighted by atomic mass is 15.2. The minimum atomic E-state index is 0.130. The van der Waals surface area contributed by atoms with Crippen molar-refractivity contribution in [1.29, 1.82) is 0 Å². The van der Waals surface area contributed by atoms with Crippen LogP contribution in [0, 0.1) is 0 Å². The Balaban J connectivity index is 2.88. The molecular formula is C8H15N5. The zero-order chi connectivity index (χ0) is 9.84. The fraction of sp³-hybridized carbons (Fsp3) is 0.625. The summed E-state index contributed by atoms with van der Waals surface area (Å²) in [6.07, 6.45) is 2.12. The molecule has 1 rings (SSSR count). The van der Waals surface area contributed by atoms with Crippen LogP contribution >= 0.6 is 0 Å². The van der Waals surface area contributed by atoms with E-state index < -0.39 is 0 Å². The summed E-state index contributed by atoms with van der Waals surface area (Å²) in [5, 5.41) is 7.61. The van der Waals surface area contributed by atoms with Gasteiger partial charge in [0.15, 0.2) is 5.82 Å². The van der Waals surface area contributed by atoms with E-state index in [4.69, 9.17) is 11.5 Å². The fourth-order valence-electron chi connectivity index (χ4n) is 1.28. The Labute approximate surface area is 77.6 Å². The van der Waals surface area contributed by atoms with E-state index in [2.05, 4.69) is 29.0 Å². The predicted octanol–water partition coefficient (Wildman–Crippen LogP) is 0.940. The van der Waals surface area contributed by atoms with Gasteiger partial charge in [-0.05, 0) is 6.42 Å². The maximum atomic E-state index is 5.66. The molecule has 0 bridgehead atoms. The van der Waals surface area contributed by atoms with Gasteiger partial charge in [0, 0.05) is 5.92 Å². The molecule has 0 radical (unpaired) electrons. The van der Waals surface area contributed by atoms with Crippen LogP contribution in [0.15, 0.2) is 0 Å². The first-order valence-electron chi connectivity index (χ1n) is 4.40. The Kier molecular flexibility index (Phi) is 3.00. The number of nitrogens with two attached hydrogens (primary N) is 2. The average molecular weight is 181 g/mol. The Hall–Kier alpha value is -1.39. The predicted molar refractivity (Wildman–Crippen MR) is 52.0 cm³/mol. The molecular weight excluding hydrogens is 166 g/mol. The minimum absolute atomic E-state index is 0.130. The van der Waals surface area contributed by atoms with Crippen molar-refractivity contribution in [3.63, 3.8) is 0 Å². The zero-order valence-electron chi connectivity index (χ0n) is 7.99. The Morgan fingerprint density at radius 2 is 2.00 bits per heavy atom. The topological polar surface area (TPSA) is 90.7 Å². The molecule has 4 N–H and O–H groups in total. The molecule has 0 aliphatic rings. The monoisotopic (exact) mass is 181 g/mol. The van der Waals surface area contributed by atoms with Gasteiger partial charge in [-0.15, -0.1) is 10.2 Å². The number of nitrogens with zero attached hydrogens (tertiary/aromatic N) is 3. The van der Waals surface area contributed by atoms with E-state index in [9.17, 15) is 0 Å². The molecule has 1 atom stereocenters. The summed E-state index contributed by atoms with van der Waals surface area (Å²) in [5.74, 6) is 0.823. The quantitative estimate of drug-likeness (QED) is 0.724. The second kappa shape index (κ2) is 4.02. The van der Waals surface area contributed by atoms with Crippen LogP contribution in [0.4, 0.5) is 11.8 Å². The van der Waals surface area contributed by atoms with Gasteiger partial charge in [0.1, 0.15) is 5.69 Å². The van der Waals surface area contributed by atoms with Crippen molar-refractivity contribution >= 4 is 11.8 Å². The van der Waals surface area contributed by atoms with Gasteiger partial charge >= 0.3 is 0 Å². The molecule has 5 nitrogen and oxygen atoms in total. The van der Waals surface area contributed by atoms with Gasteiger partial charge in [-0.1, -0.05) is 20.3 Å². The molecule has 0 spiro atoms. The number of hydrogen-bond acceptors (Lipinski definition) is 5. The number of rotatable bonds is 3. The van der Waals surface area contributed by atoms with Crippen molar-refractivity contribution in [3.8, 4) is 0 Å². The maximum Gasteiger partial charge on any atom is 0.242 e. The van der Waals surface area contributed by atoms with Crippen molar-refractivity contribution < 1.29 is 0 Å². The van der Waals surface area contributed by atoms with Crippen molar-refractivity contribution in [2.24, 2.45) is 0 Å². The van der Waals surface area contributed by atoms with E-state index in [0.29, 0.717) is 11.7 Å². The highest BCUT2D eigenvalue weighted by Crippen LogP contribution is 2.21. The molecule has 0 saturated carbocycles. The second-order valence-corrected chi connectivity index (χ2v) is 3.13. The summed E-state index contributed by atoms with van der Waals surface area (Å²) in [6.45, 7) is 4.17. The third kappa shape index (κ3) is 2.27. The van der Waals surface area contributed by atoms with Crippen molar-refractivity contribution in [2.75, 3.05) is 11.5 Å². The van der Waals surface area contributed by atoms with Crippen molar-refractivity contribution in [2.45, 2.75) is 32.6 Å². The molecule has 0 saturated heterocycles. The smallest absolute Gasteiger partial charge is 0.242 e. The van der Waals surface area contributed by atoms with Gasteiger partial charge in [-0.25, -0.2) is 0 Å².